The van der Waals surface area contributed by atoms with E-state index < -0.39 is 36.3 Å². The molecule has 0 saturated heterocycles. The van der Waals surface area contributed by atoms with Crippen LogP contribution in [0.1, 0.15) is 53.8 Å². The number of nitrogens with zero attached hydrogens (tertiary/aromatic N) is 1. The number of nitrogens with one attached hydrogen (secondary N) is 1. The van der Waals surface area contributed by atoms with E-state index in [1.807, 2.05) is 13.8 Å². The van der Waals surface area contributed by atoms with Crippen LogP contribution in [-0.2, 0) is 23.9 Å². The molecule has 3 amide bonds. The summed E-state index contributed by atoms with van der Waals surface area (Å²) in [6, 6.07) is 5.25. The molecular formula is C21H26N2O7. The van der Waals surface area contributed by atoms with Crippen molar-refractivity contribution in [1.29, 1.82) is 0 Å². The summed E-state index contributed by atoms with van der Waals surface area (Å²) in [5.74, 6) is -2.84. The second-order valence-electron chi connectivity index (χ2n) is 7.31. The third-order valence-corrected chi connectivity index (χ3v) is 4.56. The van der Waals surface area contributed by atoms with E-state index in [1.54, 1.807) is 12.1 Å². The van der Waals surface area contributed by atoms with Crippen LogP contribution in [-0.4, -0.2) is 60.9 Å². The summed E-state index contributed by atoms with van der Waals surface area (Å²) in [6.07, 6.45) is 0.759. The third kappa shape index (κ3) is 5.65. The number of rotatable bonds is 10. The normalized spacial score (nSPS) is 13.8. The minimum Gasteiger partial charge on any atom is -0.469 e. The highest BCUT2D eigenvalue weighted by atomic mass is 16.5. The number of hydrogen-bond donors (Lipinski definition) is 1. The molecule has 0 aromatic heterocycles. The van der Waals surface area contributed by atoms with Crippen LogP contribution in [0.2, 0.25) is 0 Å². The smallest absolute Gasteiger partial charge is 0.329 e. The molecule has 0 unspecified atom stereocenters. The first kappa shape index (κ1) is 23.1. The molecule has 0 aliphatic carbocycles. The fourth-order valence-corrected chi connectivity index (χ4v) is 3.09. The van der Waals surface area contributed by atoms with Crippen LogP contribution in [0.15, 0.2) is 24.3 Å². The first-order valence-corrected chi connectivity index (χ1v) is 9.73. The molecule has 162 valence electrons. The van der Waals surface area contributed by atoms with E-state index in [0.29, 0.717) is 6.42 Å². The minimum absolute atomic E-state index is 0.000916. The van der Waals surface area contributed by atoms with E-state index in [0.717, 1.165) is 4.90 Å². The van der Waals surface area contributed by atoms with Gasteiger partial charge in [-0.15, -0.1) is 0 Å². The summed E-state index contributed by atoms with van der Waals surface area (Å²) >= 11 is 0. The van der Waals surface area contributed by atoms with E-state index in [2.05, 4.69) is 10.1 Å². The molecule has 0 spiro atoms. The zero-order chi connectivity index (χ0) is 22.3. The average Bonchev–Trinajstić information content (AvgIpc) is 2.98. The second kappa shape index (κ2) is 10.5. The van der Waals surface area contributed by atoms with E-state index in [1.165, 1.54) is 19.2 Å². The molecule has 1 aromatic rings. The zero-order valence-electron chi connectivity index (χ0n) is 17.3. The third-order valence-electron chi connectivity index (χ3n) is 4.56. The largest absolute Gasteiger partial charge is 0.469 e. The lowest BCUT2D eigenvalue weighted by atomic mass is 10.0. The van der Waals surface area contributed by atoms with Gasteiger partial charge in [-0.2, -0.15) is 0 Å². The first-order valence-electron chi connectivity index (χ1n) is 9.73. The SMILES string of the molecule is COC(=O)CCCNC(=O)COC(=O)[C@H](CC(C)C)N1C(=O)c2ccccc2C1=O. The highest BCUT2D eigenvalue weighted by molar-refractivity contribution is 6.22. The molecule has 1 aromatic carbocycles. The Hall–Kier alpha value is -3.23. The van der Waals surface area contributed by atoms with E-state index in [9.17, 15) is 24.0 Å². The molecule has 0 bridgehead atoms. The lowest BCUT2D eigenvalue weighted by Crippen LogP contribution is -2.47. The molecular weight excluding hydrogens is 392 g/mol. The van der Waals surface area contributed by atoms with Gasteiger partial charge in [-0.25, -0.2) is 4.79 Å². The van der Waals surface area contributed by atoms with Crippen molar-refractivity contribution in [3.05, 3.63) is 35.4 Å². The fraction of sp³-hybridized carbons (Fsp3) is 0.476. The number of ether oxygens (including phenoxy) is 2. The summed E-state index contributed by atoms with van der Waals surface area (Å²) in [5.41, 5.74) is 0.486. The molecule has 0 radical (unpaired) electrons. The highest BCUT2D eigenvalue weighted by Crippen LogP contribution is 2.27. The second-order valence-corrected chi connectivity index (χ2v) is 7.31. The number of benzene rings is 1. The van der Waals surface area contributed by atoms with Crippen molar-refractivity contribution in [2.75, 3.05) is 20.3 Å². The summed E-state index contributed by atoms with van der Waals surface area (Å²) in [5, 5.41) is 2.53. The van der Waals surface area contributed by atoms with Gasteiger partial charge in [-0.1, -0.05) is 26.0 Å². The summed E-state index contributed by atoms with van der Waals surface area (Å²) < 4.78 is 9.59. The quantitative estimate of drug-likeness (QED) is 0.346. The van der Waals surface area contributed by atoms with Crippen LogP contribution in [0.5, 0.6) is 0 Å². The number of imide groups is 1. The van der Waals surface area contributed by atoms with E-state index in [4.69, 9.17) is 4.74 Å². The number of fused-ring (bicyclic) bond motifs is 1. The number of carbonyl (C=O) groups excluding carboxylic acids is 5. The number of amides is 3. The lowest BCUT2D eigenvalue weighted by molar-refractivity contribution is -0.152. The number of carbonyl (C=O) groups is 5. The van der Waals surface area contributed by atoms with Crippen molar-refractivity contribution in [1.82, 2.24) is 10.2 Å². The van der Waals surface area contributed by atoms with Gasteiger partial charge in [-0.05, 0) is 30.9 Å². The van der Waals surface area contributed by atoms with Gasteiger partial charge in [0.05, 0.1) is 18.2 Å². The summed E-state index contributed by atoms with van der Waals surface area (Å²) in [4.78, 5) is 61.9. The molecule has 0 fully saturated rings. The molecule has 1 heterocycles. The predicted octanol–water partition coefficient (Wildman–Crippen LogP) is 1.31. The monoisotopic (exact) mass is 418 g/mol. The molecule has 2 rings (SSSR count). The van der Waals surface area contributed by atoms with Gasteiger partial charge in [0.15, 0.2) is 6.61 Å². The zero-order valence-corrected chi connectivity index (χ0v) is 17.3. The Morgan fingerprint density at radius 3 is 2.20 bits per heavy atom. The maximum Gasteiger partial charge on any atom is 0.329 e. The molecule has 9 nitrogen and oxygen atoms in total. The maximum absolute atomic E-state index is 12.7. The van der Waals surface area contributed by atoms with Gasteiger partial charge >= 0.3 is 11.9 Å². The van der Waals surface area contributed by atoms with Crippen LogP contribution in [0.4, 0.5) is 0 Å². The van der Waals surface area contributed by atoms with Gasteiger partial charge in [-0.3, -0.25) is 24.1 Å². The van der Waals surface area contributed by atoms with Crippen molar-refractivity contribution in [3.8, 4) is 0 Å². The van der Waals surface area contributed by atoms with Gasteiger partial charge in [0.1, 0.15) is 6.04 Å². The van der Waals surface area contributed by atoms with Crippen molar-refractivity contribution in [2.24, 2.45) is 5.92 Å². The lowest BCUT2D eigenvalue weighted by Gasteiger charge is -2.25. The Bertz CT molecular complexity index is 799. The minimum atomic E-state index is -1.12. The Balaban J connectivity index is 1.97. The van der Waals surface area contributed by atoms with Gasteiger partial charge in [0, 0.05) is 13.0 Å². The Labute approximate surface area is 174 Å². The van der Waals surface area contributed by atoms with E-state index in [-0.39, 0.29) is 42.4 Å². The molecule has 1 aliphatic heterocycles. The van der Waals surface area contributed by atoms with Gasteiger partial charge in [0.25, 0.3) is 17.7 Å². The van der Waals surface area contributed by atoms with Crippen LogP contribution >= 0.6 is 0 Å². The molecule has 9 heteroatoms. The standard InChI is InChI=1S/C21H26N2O7/c1-13(2)11-16(23-19(26)14-7-4-5-8-15(14)20(23)27)21(28)30-12-17(24)22-10-6-9-18(25)29-3/h4-5,7-8,13,16H,6,9-12H2,1-3H3,(H,22,24)/t16-/m0/s1. The summed E-state index contributed by atoms with van der Waals surface area (Å²) in [6.45, 7) is 3.38. The number of methoxy groups -OCH3 is 1. The topological polar surface area (TPSA) is 119 Å². The predicted molar refractivity (Wildman–Crippen MR) is 105 cm³/mol. The highest BCUT2D eigenvalue weighted by Gasteiger charge is 2.43. The average molecular weight is 418 g/mol. The first-order chi connectivity index (χ1) is 14.3. The van der Waals surface area contributed by atoms with Crippen molar-refractivity contribution in [3.63, 3.8) is 0 Å². The Kier molecular flexibility index (Phi) is 8.08. The van der Waals surface area contributed by atoms with Crippen LogP contribution in [0.25, 0.3) is 0 Å². The molecule has 0 saturated carbocycles. The summed E-state index contributed by atoms with van der Waals surface area (Å²) in [7, 11) is 1.28. The number of esters is 2. The van der Waals surface area contributed by atoms with Crippen molar-refractivity contribution >= 4 is 29.7 Å². The Morgan fingerprint density at radius 1 is 1.07 bits per heavy atom. The molecule has 30 heavy (non-hydrogen) atoms. The maximum atomic E-state index is 12.7. The molecule has 1 aliphatic rings. The van der Waals surface area contributed by atoms with Gasteiger partial charge in [0.2, 0.25) is 0 Å². The van der Waals surface area contributed by atoms with Crippen LogP contribution in [0.3, 0.4) is 0 Å². The molecule has 1 atom stereocenters. The van der Waals surface area contributed by atoms with Crippen LogP contribution < -0.4 is 5.32 Å². The van der Waals surface area contributed by atoms with Crippen molar-refractivity contribution in [2.45, 2.75) is 39.2 Å². The Morgan fingerprint density at radius 2 is 1.67 bits per heavy atom. The number of hydrogen-bond acceptors (Lipinski definition) is 7. The fourth-order valence-electron chi connectivity index (χ4n) is 3.09. The molecule has 1 N–H and O–H groups in total. The van der Waals surface area contributed by atoms with Gasteiger partial charge < -0.3 is 14.8 Å². The van der Waals surface area contributed by atoms with Crippen LogP contribution in [0, 0.1) is 5.92 Å². The van der Waals surface area contributed by atoms with Crippen molar-refractivity contribution < 1.29 is 33.4 Å². The van der Waals surface area contributed by atoms with E-state index >= 15 is 0 Å².